The van der Waals surface area contributed by atoms with Gasteiger partial charge in [0, 0.05) is 18.8 Å². The molecule has 1 heterocycles. The lowest BCUT2D eigenvalue weighted by Gasteiger charge is -2.08. The van der Waals surface area contributed by atoms with Crippen molar-refractivity contribution in [3.63, 3.8) is 0 Å². The van der Waals surface area contributed by atoms with Gasteiger partial charge >= 0.3 is 0 Å². The minimum absolute atomic E-state index is 0.334. The minimum atomic E-state index is 0.334. The molecule has 2 rings (SSSR count). The summed E-state index contributed by atoms with van der Waals surface area (Å²) in [5.41, 5.74) is 6.33. The van der Waals surface area contributed by atoms with Crippen LogP contribution in [0.15, 0.2) is 36.5 Å². The smallest absolute Gasteiger partial charge is 0.219 e. The maximum Gasteiger partial charge on any atom is 0.219 e. The zero-order valence-electron chi connectivity index (χ0n) is 8.86. The fraction of sp³-hybridized carbons (Fsp3) is 0.0833. The highest BCUT2D eigenvalue weighted by atomic mass is 35.5. The molecule has 2 N–H and O–H groups in total. The van der Waals surface area contributed by atoms with Crippen LogP contribution in [0.5, 0.6) is 11.6 Å². The maximum absolute atomic E-state index is 5.98. The van der Waals surface area contributed by atoms with Gasteiger partial charge in [-0.05, 0) is 17.7 Å². The lowest BCUT2D eigenvalue weighted by molar-refractivity contribution is 0.462. The van der Waals surface area contributed by atoms with Gasteiger partial charge in [0.2, 0.25) is 5.88 Å². The average molecular weight is 269 g/mol. The molecule has 0 amide bonds. The van der Waals surface area contributed by atoms with Gasteiger partial charge in [0.25, 0.3) is 0 Å². The van der Waals surface area contributed by atoms with E-state index in [1.807, 2.05) is 12.1 Å². The Labute approximate surface area is 109 Å². The number of hydrogen-bond donors (Lipinski definition) is 1. The number of para-hydroxylation sites is 1. The first-order valence-corrected chi connectivity index (χ1v) is 5.73. The van der Waals surface area contributed by atoms with Crippen LogP contribution in [0.1, 0.15) is 5.56 Å². The number of nitrogens with zero attached hydrogens (tertiary/aromatic N) is 1. The standard InChI is InChI=1S/C12H10Cl2N2O/c13-9-3-1-2-4-11(9)17-12-5-8(6-15)10(14)7-16-12/h1-5,7H,6,15H2. The molecule has 0 aliphatic heterocycles. The molecule has 88 valence electrons. The highest BCUT2D eigenvalue weighted by Gasteiger charge is 2.06. The van der Waals surface area contributed by atoms with Crippen molar-refractivity contribution in [2.45, 2.75) is 6.54 Å². The molecule has 0 spiro atoms. The Kier molecular flexibility index (Phi) is 3.84. The van der Waals surface area contributed by atoms with Crippen molar-refractivity contribution in [2.75, 3.05) is 0 Å². The molecular formula is C12H10Cl2N2O. The molecule has 0 bridgehead atoms. The molecule has 0 unspecified atom stereocenters. The van der Waals surface area contributed by atoms with Crippen molar-refractivity contribution in [1.82, 2.24) is 4.98 Å². The Morgan fingerprint density at radius 1 is 1.18 bits per heavy atom. The predicted octanol–water partition coefficient (Wildman–Crippen LogP) is 3.64. The maximum atomic E-state index is 5.98. The number of nitrogens with two attached hydrogens (primary N) is 1. The number of pyridine rings is 1. The van der Waals surface area contributed by atoms with Crippen molar-refractivity contribution >= 4 is 23.2 Å². The third kappa shape index (κ3) is 2.88. The van der Waals surface area contributed by atoms with Crippen molar-refractivity contribution in [1.29, 1.82) is 0 Å². The van der Waals surface area contributed by atoms with Crippen LogP contribution in [0.4, 0.5) is 0 Å². The molecule has 0 aliphatic carbocycles. The Bertz CT molecular complexity index is 532. The van der Waals surface area contributed by atoms with Crippen molar-refractivity contribution < 1.29 is 4.74 Å². The summed E-state index contributed by atoms with van der Waals surface area (Å²) in [5, 5.41) is 1.05. The number of aromatic nitrogens is 1. The largest absolute Gasteiger partial charge is 0.437 e. The van der Waals surface area contributed by atoms with E-state index in [0.717, 1.165) is 5.56 Å². The van der Waals surface area contributed by atoms with Gasteiger partial charge in [0.1, 0.15) is 5.75 Å². The molecule has 17 heavy (non-hydrogen) atoms. The van der Waals surface area contributed by atoms with E-state index in [1.54, 1.807) is 18.2 Å². The number of ether oxygens (including phenoxy) is 1. The Morgan fingerprint density at radius 2 is 1.94 bits per heavy atom. The van der Waals surface area contributed by atoms with Crippen LogP contribution < -0.4 is 10.5 Å². The first-order valence-electron chi connectivity index (χ1n) is 4.97. The lowest BCUT2D eigenvalue weighted by Crippen LogP contribution is -1.99. The second-order valence-corrected chi connectivity index (χ2v) is 4.16. The van der Waals surface area contributed by atoms with E-state index in [4.69, 9.17) is 33.7 Å². The molecule has 0 saturated heterocycles. The number of benzene rings is 1. The molecule has 0 aliphatic rings. The van der Waals surface area contributed by atoms with Gasteiger partial charge in [-0.1, -0.05) is 35.3 Å². The fourth-order valence-electron chi connectivity index (χ4n) is 1.31. The van der Waals surface area contributed by atoms with E-state index in [9.17, 15) is 0 Å². The van der Waals surface area contributed by atoms with Gasteiger partial charge in [-0.25, -0.2) is 4.98 Å². The summed E-state index contributed by atoms with van der Waals surface area (Å²) < 4.78 is 5.55. The summed E-state index contributed by atoms with van der Waals surface area (Å²) in [6, 6.07) is 8.87. The first kappa shape index (κ1) is 12.2. The number of hydrogen-bond acceptors (Lipinski definition) is 3. The molecule has 3 nitrogen and oxygen atoms in total. The van der Waals surface area contributed by atoms with Crippen LogP contribution in [0.25, 0.3) is 0 Å². The van der Waals surface area contributed by atoms with Crippen LogP contribution in [0.2, 0.25) is 10.0 Å². The van der Waals surface area contributed by atoms with Crippen LogP contribution >= 0.6 is 23.2 Å². The van der Waals surface area contributed by atoms with E-state index in [2.05, 4.69) is 4.98 Å². The Hall–Kier alpha value is -1.29. The van der Waals surface area contributed by atoms with Gasteiger partial charge in [0.05, 0.1) is 10.0 Å². The van der Waals surface area contributed by atoms with E-state index in [1.165, 1.54) is 6.20 Å². The minimum Gasteiger partial charge on any atom is -0.437 e. The Balaban J connectivity index is 2.28. The average Bonchev–Trinajstić information content (AvgIpc) is 2.34. The van der Waals surface area contributed by atoms with Crippen molar-refractivity contribution in [2.24, 2.45) is 5.73 Å². The van der Waals surface area contributed by atoms with Crippen LogP contribution in [0, 0.1) is 0 Å². The lowest BCUT2D eigenvalue weighted by atomic mass is 10.2. The quantitative estimate of drug-likeness (QED) is 0.925. The predicted molar refractivity (Wildman–Crippen MR) is 68.7 cm³/mol. The summed E-state index contributed by atoms with van der Waals surface area (Å²) in [6.07, 6.45) is 1.51. The zero-order chi connectivity index (χ0) is 12.3. The molecule has 0 fully saturated rings. The topological polar surface area (TPSA) is 48.1 Å². The van der Waals surface area contributed by atoms with Gasteiger partial charge in [0.15, 0.2) is 0 Å². The van der Waals surface area contributed by atoms with Gasteiger partial charge in [-0.15, -0.1) is 0 Å². The van der Waals surface area contributed by atoms with Gasteiger partial charge < -0.3 is 10.5 Å². The second-order valence-electron chi connectivity index (χ2n) is 3.35. The van der Waals surface area contributed by atoms with Crippen molar-refractivity contribution in [3.8, 4) is 11.6 Å². The fourth-order valence-corrected chi connectivity index (χ4v) is 1.67. The molecular weight excluding hydrogens is 259 g/mol. The highest BCUT2D eigenvalue weighted by Crippen LogP contribution is 2.29. The molecule has 0 saturated carbocycles. The third-order valence-electron chi connectivity index (χ3n) is 2.18. The Morgan fingerprint density at radius 3 is 2.65 bits per heavy atom. The number of rotatable bonds is 3. The van der Waals surface area contributed by atoms with Gasteiger partial charge in [-0.2, -0.15) is 0 Å². The monoisotopic (exact) mass is 268 g/mol. The summed E-state index contributed by atoms with van der Waals surface area (Å²) in [5.74, 6) is 0.968. The third-order valence-corrected chi connectivity index (χ3v) is 2.83. The molecule has 1 aromatic carbocycles. The van der Waals surface area contributed by atoms with E-state index in [0.29, 0.717) is 28.2 Å². The van der Waals surface area contributed by atoms with E-state index < -0.39 is 0 Å². The summed E-state index contributed by atoms with van der Waals surface area (Å²) in [6.45, 7) is 0.334. The SMILES string of the molecule is NCc1cc(Oc2ccccc2Cl)ncc1Cl. The van der Waals surface area contributed by atoms with Crippen LogP contribution in [-0.2, 0) is 6.54 Å². The first-order chi connectivity index (χ1) is 8.20. The number of halogens is 2. The zero-order valence-corrected chi connectivity index (χ0v) is 10.4. The van der Waals surface area contributed by atoms with Crippen LogP contribution in [-0.4, -0.2) is 4.98 Å². The molecule has 2 aromatic rings. The summed E-state index contributed by atoms with van der Waals surface area (Å²) in [4.78, 5) is 4.05. The summed E-state index contributed by atoms with van der Waals surface area (Å²) >= 11 is 11.9. The van der Waals surface area contributed by atoms with E-state index >= 15 is 0 Å². The molecule has 5 heteroatoms. The summed E-state index contributed by atoms with van der Waals surface area (Å²) in [7, 11) is 0. The normalized spacial score (nSPS) is 10.3. The van der Waals surface area contributed by atoms with Crippen molar-refractivity contribution in [3.05, 3.63) is 52.1 Å². The van der Waals surface area contributed by atoms with Crippen LogP contribution in [0.3, 0.4) is 0 Å². The van der Waals surface area contributed by atoms with Gasteiger partial charge in [-0.3, -0.25) is 0 Å². The highest BCUT2D eigenvalue weighted by molar-refractivity contribution is 6.32. The molecule has 0 atom stereocenters. The molecule has 0 radical (unpaired) electrons. The second kappa shape index (κ2) is 5.36. The molecule has 1 aromatic heterocycles. The van der Waals surface area contributed by atoms with E-state index in [-0.39, 0.29) is 0 Å².